The van der Waals surface area contributed by atoms with Gasteiger partial charge in [-0.3, -0.25) is 4.79 Å². The summed E-state index contributed by atoms with van der Waals surface area (Å²) in [6.45, 7) is 4.54. The van der Waals surface area contributed by atoms with Crippen LogP contribution in [0.15, 0.2) is 77.7 Å². The van der Waals surface area contributed by atoms with E-state index in [-0.39, 0.29) is 5.91 Å². The zero-order valence-electron chi connectivity index (χ0n) is 15.6. The number of rotatable bonds is 7. The second-order valence-corrected chi connectivity index (χ2v) is 7.18. The number of thioether (sulfide) groups is 1. The summed E-state index contributed by atoms with van der Waals surface area (Å²) in [5.74, 6) is 1.46. The molecular formula is C23H23NO2S. The fourth-order valence-electron chi connectivity index (χ4n) is 2.72. The summed E-state index contributed by atoms with van der Waals surface area (Å²) in [7, 11) is 0. The second kappa shape index (κ2) is 9.28. The number of hydrogen-bond donors (Lipinski definition) is 1. The number of benzene rings is 3. The highest BCUT2D eigenvalue weighted by Gasteiger charge is 2.12. The van der Waals surface area contributed by atoms with Gasteiger partial charge in [0.2, 0.25) is 0 Å². The Morgan fingerprint density at radius 2 is 1.74 bits per heavy atom. The number of para-hydroxylation sites is 1. The lowest BCUT2D eigenvalue weighted by Crippen LogP contribution is -2.13. The molecule has 3 rings (SSSR count). The largest absolute Gasteiger partial charge is 0.494 e. The van der Waals surface area contributed by atoms with Crippen molar-refractivity contribution in [2.75, 3.05) is 11.9 Å². The predicted molar refractivity (Wildman–Crippen MR) is 113 cm³/mol. The molecule has 0 radical (unpaired) electrons. The molecule has 0 fully saturated rings. The van der Waals surface area contributed by atoms with Crippen LogP contribution in [0, 0.1) is 6.92 Å². The van der Waals surface area contributed by atoms with E-state index < -0.39 is 0 Å². The Morgan fingerprint density at radius 1 is 1.00 bits per heavy atom. The van der Waals surface area contributed by atoms with Gasteiger partial charge in [-0.05, 0) is 55.8 Å². The van der Waals surface area contributed by atoms with Gasteiger partial charge in [0.05, 0.1) is 6.61 Å². The fraction of sp³-hybridized carbons (Fsp3) is 0.174. The van der Waals surface area contributed by atoms with Crippen molar-refractivity contribution in [2.45, 2.75) is 24.5 Å². The molecule has 0 aliphatic carbocycles. The van der Waals surface area contributed by atoms with Gasteiger partial charge in [0.1, 0.15) is 5.75 Å². The van der Waals surface area contributed by atoms with Crippen molar-refractivity contribution in [1.82, 2.24) is 0 Å². The third kappa shape index (κ3) is 5.14. The maximum Gasteiger partial charge on any atom is 0.255 e. The van der Waals surface area contributed by atoms with Gasteiger partial charge < -0.3 is 10.1 Å². The van der Waals surface area contributed by atoms with Crippen LogP contribution in [-0.2, 0) is 5.75 Å². The van der Waals surface area contributed by atoms with Crippen LogP contribution in [0.1, 0.15) is 28.4 Å². The minimum Gasteiger partial charge on any atom is -0.494 e. The number of amides is 1. The number of anilines is 1. The number of carbonyl (C=O) groups excluding carboxylic acids is 1. The molecule has 3 aromatic carbocycles. The molecule has 0 atom stereocenters. The smallest absolute Gasteiger partial charge is 0.255 e. The normalized spacial score (nSPS) is 10.4. The quantitative estimate of drug-likeness (QED) is 0.518. The van der Waals surface area contributed by atoms with Crippen LogP contribution in [-0.4, -0.2) is 12.5 Å². The Labute approximate surface area is 164 Å². The summed E-state index contributed by atoms with van der Waals surface area (Å²) in [6.07, 6.45) is 0. The fourth-order valence-corrected chi connectivity index (χ4v) is 3.61. The summed E-state index contributed by atoms with van der Waals surface area (Å²) in [4.78, 5) is 13.9. The molecule has 0 saturated carbocycles. The molecule has 0 bridgehead atoms. The first-order valence-corrected chi connectivity index (χ1v) is 9.96. The SMILES string of the molecule is CCOc1ccc(C(=O)Nc2ccccc2C)cc1CSc1ccccc1. The average Bonchev–Trinajstić information content (AvgIpc) is 2.70. The molecular weight excluding hydrogens is 354 g/mol. The van der Waals surface area contributed by atoms with Crippen molar-refractivity contribution in [1.29, 1.82) is 0 Å². The third-order valence-electron chi connectivity index (χ3n) is 4.15. The van der Waals surface area contributed by atoms with Crippen LogP contribution >= 0.6 is 11.8 Å². The Kier molecular flexibility index (Phi) is 6.55. The molecule has 138 valence electrons. The summed E-state index contributed by atoms with van der Waals surface area (Å²) in [5.41, 5.74) is 3.52. The average molecular weight is 378 g/mol. The van der Waals surface area contributed by atoms with E-state index in [0.717, 1.165) is 28.3 Å². The van der Waals surface area contributed by atoms with Gasteiger partial charge in [0.15, 0.2) is 0 Å². The molecule has 0 aliphatic rings. The number of nitrogens with one attached hydrogen (secondary N) is 1. The highest BCUT2D eigenvalue weighted by atomic mass is 32.2. The first-order valence-electron chi connectivity index (χ1n) is 8.98. The summed E-state index contributed by atoms with van der Waals surface area (Å²) < 4.78 is 5.75. The van der Waals surface area contributed by atoms with Crippen LogP contribution in [0.25, 0.3) is 0 Å². The number of hydrogen-bond acceptors (Lipinski definition) is 3. The minimum absolute atomic E-state index is 0.113. The van der Waals surface area contributed by atoms with Crippen LogP contribution < -0.4 is 10.1 Å². The van der Waals surface area contributed by atoms with Gasteiger partial charge in [-0.25, -0.2) is 0 Å². The van der Waals surface area contributed by atoms with Crippen LogP contribution in [0.5, 0.6) is 5.75 Å². The molecule has 0 aliphatic heterocycles. The Balaban J connectivity index is 1.79. The monoisotopic (exact) mass is 377 g/mol. The van der Waals surface area contributed by atoms with Crippen molar-refractivity contribution >= 4 is 23.4 Å². The third-order valence-corrected chi connectivity index (χ3v) is 5.21. The van der Waals surface area contributed by atoms with Gasteiger partial charge in [-0.2, -0.15) is 0 Å². The number of ether oxygens (including phenoxy) is 1. The number of carbonyl (C=O) groups is 1. The molecule has 27 heavy (non-hydrogen) atoms. The molecule has 3 aromatic rings. The maximum atomic E-state index is 12.7. The Hall–Kier alpha value is -2.72. The van der Waals surface area contributed by atoms with E-state index in [1.54, 1.807) is 11.8 Å². The van der Waals surface area contributed by atoms with Gasteiger partial charge in [-0.1, -0.05) is 36.4 Å². The molecule has 1 N–H and O–H groups in total. The second-order valence-electron chi connectivity index (χ2n) is 6.13. The number of aryl methyl sites for hydroxylation is 1. The van der Waals surface area contributed by atoms with E-state index in [1.165, 1.54) is 4.90 Å². The molecule has 4 heteroatoms. The van der Waals surface area contributed by atoms with E-state index >= 15 is 0 Å². The molecule has 0 saturated heterocycles. The van der Waals surface area contributed by atoms with E-state index in [4.69, 9.17) is 4.74 Å². The van der Waals surface area contributed by atoms with E-state index in [9.17, 15) is 4.79 Å². The van der Waals surface area contributed by atoms with Gasteiger partial charge >= 0.3 is 0 Å². The first-order chi connectivity index (χ1) is 13.2. The Morgan fingerprint density at radius 3 is 2.48 bits per heavy atom. The molecule has 0 spiro atoms. The zero-order valence-corrected chi connectivity index (χ0v) is 16.4. The van der Waals surface area contributed by atoms with Gasteiger partial charge in [0.25, 0.3) is 5.91 Å². The van der Waals surface area contributed by atoms with Gasteiger partial charge in [0, 0.05) is 27.5 Å². The summed E-state index contributed by atoms with van der Waals surface area (Å²) in [6, 6.07) is 23.6. The topological polar surface area (TPSA) is 38.3 Å². The van der Waals surface area contributed by atoms with Crippen molar-refractivity contribution in [3.05, 3.63) is 89.5 Å². The van der Waals surface area contributed by atoms with Crippen LogP contribution in [0.3, 0.4) is 0 Å². The highest BCUT2D eigenvalue weighted by molar-refractivity contribution is 7.98. The molecule has 3 nitrogen and oxygen atoms in total. The summed E-state index contributed by atoms with van der Waals surface area (Å²) in [5, 5.41) is 2.99. The van der Waals surface area contributed by atoms with Crippen LogP contribution in [0.4, 0.5) is 5.69 Å². The van der Waals surface area contributed by atoms with E-state index in [2.05, 4.69) is 17.4 Å². The standard InChI is InChI=1S/C23H23NO2S/c1-3-26-22-14-13-18(23(25)24-21-12-8-7-9-17(21)2)15-19(22)16-27-20-10-5-4-6-11-20/h4-15H,3,16H2,1-2H3,(H,24,25). The predicted octanol–water partition coefficient (Wildman–Crippen LogP) is 5.94. The maximum absolute atomic E-state index is 12.7. The lowest BCUT2D eigenvalue weighted by molar-refractivity contribution is 0.102. The van der Waals surface area contributed by atoms with Crippen LogP contribution in [0.2, 0.25) is 0 Å². The van der Waals surface area contributed by atoms with E-state index in [1.807, 2.05) is 74.5 Å². The highest BCUT2D eigenvalue weighted by Crippen LogP contribution is 2.29. The van der Waals surface area contributed by atoms with Crippen molar-refractivity contribution in [3.8, 4) is 5.75 Å². The van der Waals surface area contributed by atoms with Crippen molar-refractivity contribution < 1.29 is 9.53 Å². The van der Waals surface area contributed by atoms with Gasteiger partial charge in [-0.15, -0.1) is 11.8 Å². The van der Waals surface area contributed by atoms with E-state index in [0.29, 0.717) is 12.2 Å². The lowest BCUT2D eigenvalue weighted by Gasteiger charge is -2.13. The van der Waals surface area contributed by atoms with Crippen molar-refractivity contribution in [2.24, 2.45) is 0 Å². The zero-order chi connectivity index (χ0) is 19.1. The molecule has 0 heterocycles. The minimum atomic E-state index is -0.113. The molecule has 1 amide bonds. The Bertz CT molecular complexity index is 909. The first kappa shape index (κ1) is 19.1. The van der Waals surface area contributed by atoms with Crippen molar-refractivity contribution in [3.63, 3.8) is 0 Å². The molecule has 0 aromatic heterocycles. The molecule has 0 unspecified atom stereocenters. The lowest BCUT2D eigenvalue weighted by atomic mass is 10.1. The summed E-state index contributed by atoms with van der Waals surface area (Å²) >= 11 is 1.73.